The topological polar surface area (TPSA) is 8.81 Å². The van der Waals surface area contributed by atoms with E-state index in [0.717, 1.165) is 0 Å². The highest BCUT2D eigenvalue weighted by Gasteiger charge is 2.31. The van der Waals surface area contributed by atoms with E-state index in [1.54, 1.807) is 0 Å². The van der Waals surface area contributed by atoms with Gasteiger partial charge < -0.3 is 0 Å². The standard InChI is InChI=1S/C28H33N2/c1-18(2)22-13-10-14-23(19(3)4)27(22)30-25-16-15-20(5)17-26(25)29(7)28(30)24-12-9-8-11-21(24)6/h8-19H,1-7H3/q+1. The molecule has 0 atom stereocenters. The molecule has 0 saturated carbocycles. The molecule has 1 heterocycles. The predicted molar refractivity (Wildman–Crippen MR) is 128 cm³/mol. The Balaban J connectivity index is 2.24. The van der Waals surface area contributed by atoms with Crippen LogP contribution >= 0.6 is 0 Å². The maximum atomic E-state index is 2.52. The summed E-state index contributed by atoms with van der Waals surface area (Å²) in [5.41, 5.74) is 10.5. The van der Waals surface area contributed by atoms with Gasteiger partial charge in [0.15, 0.2) is 11.0 Å². The van der Waals surface area contributed by atoms with Gasteiger partial charge in [-0.3, -0.25) is 0 Å². The van der Waals surface area contributed by atoms with Crippen LogP contribution in [0.15, 0.2) is 60.7 Å². The zero-order valence-electron chi connectivity index (χ0n) is 19.3. The summed E-state index contributed by atoms with van der Waals surface area (Å²) in [6.07, 6.45) is 0. The van der Waals surface area contributed by atoms with Crippen LogP contribution in [0, 0.1) is 13.8 Å². The molecule has 0 aliphatic heterocycles. The van der Waals surface area contributed by atoms with Crippen LogP contribution in [-0.2, 0) is 7.05 Å². The molecule has 0 bridgehead atoms. The first-order valence-corrected chi connectivity index (χ1v) is 11.0. The van der Waals surface area contributed by atoms with Gasteiger partial charge >= 0.3 is 0 Å². The number of fused-ring (bicyclic) bond motifs is 1. The fourth-order valence-electron chi connectivity index (χ4n) is 4.59. The van der Waals surface area contributed by atoms with Gasteiger partial charge in [0.2, 0.25) is 0 Å². The van der Waals surface area contributed by atoms with Gasteiger partial charge in [-0.05, 0) is 55.0 Å². The summed E-state index contributed by atoms with van der Waals surface area (Å²) in [5, 5.41) is 0. The summed E-state index contributed by atoms with van der Waals surface area (Å²) < 4.78 is 4.88. The third-order valence-electron chi connectivity index (χ3n) is 6.21. The van der Waals surface area contributed by atoms with Crippen LogP contribution in [0.1, 0.15) is 61.8 Å². The number of nitrogens with zero attached hydrogens (tertiary/aromatic N) is 2. The van der Waals surface area contributed by atoms with Gasteiger partial charge in [0.05, 0.1) is 12.6 Å². The van der Waals surface area contributed by atoms with Crippen molar-refractivity contribution in [2.24, 2.45) is 7.05 Å². The smallest absolute Gasteiger partial charge is 0.225 e. The summed E-state index contributed by atoms with van der Waals surface area (Å²) >= 11 is 0. The van der Waals surface area contributed by atoms with Crippen LogP contribution in [0.25, 0.3) is 28.1 Å². The molecule has 0 aliphatic carbocycles. The van der Waals surface area contributed by atoms with Crippen molar-refractivity contribution in [1.82, 2.24) is 4.57 Å². The second kappa shape index (κ2) is 7.75. The van der Waals surface area contributed by atoms with E-state index in [1.165, 1.54) is 50.4 Å². The Labute approximate surface area is 180 Å². The normalized spacial score (nSPS) is 11.8. The Morgan fingerprint density at radius 1 is 0.767 bits per heavy atom. The molecular weight excluding hydrogens is 364 g/mol. The number of benzene rings is 3. The van der Waals surface area contributed by atoms with Gasteiger partial charge in [0.25, 0.3) is 5.82 Å². The highest BCUT2D eigenvalue weighted by atomic mass is 15.2. The molecule has 4 rings (SSSR count). The number of hydrogen-bond donors (Lipinski definition) is 0. The third kappa shape index (κ3) is 3.25. The maximum absolute atomic E-state index is 2.52. The van der Waals surface area contributed by atoms with Crippen LogP contribution in [0.4, 0.5) is 0 Å². The van der Waals surface area contributed by atoms with Gasteiger partial charge in [0, 0.05) is 11.1 Å². The first kappa shape index (κ1) is 20.4. The van der Waals surface area contributed by atoms with E-state index in [1.807, 2.05) is 0 Å². The molecule has 0 unspecified atom stereocenters. The minimum Gasteiger partial charge on any atom is -0.225 e. The number of rotatable bonds is 4. The monoisotopic (exact) mass is 397 g/mol. The predicted octanol–water partition coefficient (Wildman–Crippen LogP) is 6.99. The van der Waals surface area contributed by atoms with E-state index in [-0.39, 0.29) is 0 Å². The lowest BCUT2D eigenvalue weighted by molar-refractivity contribution is -0.557. The molecule has 3 aromatic carbocycles. The molecule has 0 saturated heterocycles. The highest BCUT2D eigenvalue weighted by molar-refractivity contribution is 5.78. The number of hydrogen-bond acceptors (Lipinski definition) is 0. The molecule has 0 spiro atoms. The van der Waals surface area contributed by atoms with Gasteiger partial charge in [0.1, 0.15) is 5.69 Å². The van der Waals surface area contributed by atoms with Crippen molar-refractivity contribution in [3.8, 4) is 17.1 Å². The van der Waals surface area contributed by atoms with Crippen molar-refractivity contribution in [3.63, 3.8) is 0 Å². The minimum atomic E-state index is 0.441. The molecule has 0 radical (unpaired) electrons. The van der Waals surface area contributed by atoms with Crippen LogP contribution in [0.5, 0.6) is 0 Å². The third-order valence-corrected chi connectivity index (χ3v) is 6.21. The Morgan fingerprint density at radius 2 is 1.40 bits per heavy atom. The van der Waals surface area contributed by atoms with E-state index in [2.05, 4.69) is 118 Å². The van der Waals surface area contributed by atoms with Crippen molar-refractivity contribution >= 4 is 11.0 Å². The van der Waals surface area contributed by atoms with Crippen molar-refractivity contribution < 1.29 is 4.57 Å². The summed E-state index contributed by atoms with van der Waals surface area (Å²) in [5.74, 6) is 2.12. The molecule has 0 aliphatic rings. The van der Waals surface area contributed by atoms with Gasteiger partial charge in [-0.1, -0.05) is 70.2 Å². The number of imidazole rings is 1. The molecule has 1 aromatic heterocycles. The van der Waals surface area contributed by atoms with Crippen LogP contribution in [0.3, 0.4) is 0 Å². The van der Waals surface area contributed by atoms with E-state index in [0.29, 0.717) is 11.8 Å². The van der Waals surface area contributed by atoms with Crippen molar-refractivity contribution in [3.05, 3.63) is 82.9 Å². The number of aryl methyl sites for hydroxylation is 3. The fourth-order valence-corrected chi connectivity index (χ4v) is 4.59. The zero-order valence-corrected chi connectivity index (χ0v) is 19.3. The Morgan fingerprint density at radius 3 is 2.00 bits per heavy atom. The van der Waals surface area contributed by atoms with Gasteiger partial charge in [-0.15, -0.1) is 0 Å². The molecule has 0 N–H and O–H groups in total. The molecule has 4 aromatic rings. The van der Waals surface area contributed by atoms with E-state index >= 15 is 0 Å². The van der Waals surface area contributed by atoms with Crippen molar-refractivity contribution in [2.75, 3.05) is 0 Å². The minimum absolute atomic E-state index is 0.441. The Kier molecular flexibility index (Phi) is 5.27. The van der Waals surface area contributed by atoms with Crippen molar-refractivity contribution in [1.29, 1.82) is 0 Å². The van der Waals surface area contributed by atoms with E-state index < -0.39 is 0 Å². The quantitative estimate of drug-likeness (QED) is 0.328. The average Bonchev–Trinajstić information content (AvgIpc) is 2.99. The lowest BCUT2D eigenvalue weighted by Crippen LogP contribution is -2.36. The number of para-hydroxylation sites is 1. The maximum Gasteiger partial charge on any atom is 0.295 e. The number of aromatic nitrogens is 2. The molecule has 2 nitrogen and oxygen atoms in total. The molecule has 154 valence electrons. The second-order valence-electron chi connectivity index (χ2n) is 9.12. The summed E-state index contributed by atoms with van der Waals surface area (Å²) in [7, 11) is 2.20. The van der Waals surface area contributed by atoms with E-state index in [9.17, 15) is 0 Å². The summed E-state index contributed by atoms with van der Waals surface area (Å²) in [4.78, 5) is 0. The lowest BCUT2D eigenvalue weighted by Gasteiger charge is -2.18. The largest absolute Gasteiger partial charge is 0.295 e. The lowest BCUT2D eigenvalue weighted by atomic mass is 9.92. The first-order valence-electron chi connectivity index (χ1n) is 11.0. The van der Waals surface area contributed by atoms with Crippen LogP contribution < -0.4 is 4.57 Å². The molecule has 2 heteroatoms. The molecule has 0 fully saturated rings. The Hall–Kier alpha value is -2.87. The highest BCUT2D eigenvalue weighted by Crippen LogP contribution is 2.33. The molecule has 30 heavy (non-hydrogen) atoms. The molecule has 0 amide bonds. The first-order chi connectivity index (χ1) is 14.3. The van der Waals surface area contributed by atoms with Gasteiger partial charge in [-0.25, -0.2) is 4.57 Å². The fraction of sp³-hybridized carbons (Fsp3) is 0.321. The van der Waals surface area contributed by atoms with Crippen LogP contribution in [-0.4, -0.2) is 4.57 Å². The SMILES string of the molecule is Cc1ccc2c(c1)n(C)c(-c1ccccc1C)[n+]2-c1c(C(C)C)cccc1C(C)C. The van der Waals surface area contributed by atoms with E-state index in [4.69, 9.17) is 0 Å². The van der Waals surface area contributed by atoms with Crippen LogP contribution in [0.2, 0.25) is 0 Å². The summed E-state index contributed by atoms with van der Waals surface area (Å²) in [6.45, 7) is 13.6. The average molecular weight is 398 g/mol. The van der Waals surface area contributed by atoms with Crippen molar-refractivity contribution in [2.45, 2.75) is 53.4 Å². The Bertz CT molecular complexity index is 1200. The second-order valence-corrected chi connectivity index (χ2v) is 9.12. The summed E-state index contributed by atoms with van der Waals surface area (Å²) in [6, 6.07) is 22.4. The van der Waals surface area contributed by atoms with Gasteiger partial charge in [-0.2, -0.15) is 4.57 Å². The zero-order chi connectivity index (χ0) is 21.6. The molecular formula is C28H33N2+.